The van der Waals surface area contributed by atoms with Gasteiger partial charge in [0.25, 0.3) is 5.91 Å². The molecule has 2 heterocycles. The number of carbonyl (C=O) groups is 3. The summed E-state index contributed by atoms with van der Waals surface area (Å²) < 4.78 is 6.15. The van der Waals surface area contributed by atoms with E-state index in [0.717, 1.165) is 22.3 Å². The van der Waals surface area contributed by atoms with E-state index in [9.17, 15) is 19.5 Å². The van der Waals surface area contributed by atoms with Crippen molar-refractivity contribution in [2.75, 3.05) is 23.9 Å². The van der Waals surface area contributed by atoms with Crippen molar-refractivity contribution in [3.05, 3.63) is 119 Å². The molecule has 2 amide bonds. The van der Waals surface area contributed by atoms with Gasteiger partial charge in [0.1, 0.15) is 17.1 Å². The molecule has 2 N–H and O–H groups in total. The van der Waals surface area contributed by atoms with Crippen LogP contribution in [-0.4, -0.2) is 63.1 Å². The maximum absolute atomic E-state index is 13.9. The number of aliphatic hydroxyl groups excluding tert-OH is 1. The number of hydrogen-bond donors (Lipinski definition) is 2. The SMILES string of the molecule is O=C(Cc1ccccc1)NC1C(=O)N2C(C(=O)OC(c3ccccc3)c3ccccc3)=C(CSCCO)CSC12. The van der Waals surface area contributed by atoms with Crippen LogP contribution in [0.15, 0.2) is 102 Å². The average molecular weight is 575 g/mol. The number of hydrogen-bond acceptors (Lipinski definition) is 7. The fourth-order valence-electron chi connectivity index (χ4n) is 4.80. The summed E-state index contributed by atoms with van der Waals surface area (Å²) >= 11 is 3.02. The molecular weight excluding hydrogens is 544 g/mol. The van der Waals surface area contributed by atoms with Crippen molar-refractivity contribution >= 4 is 41.3 Å². The average Bonchev–Trinajstić information content (AvgIpc) is 2.99. The number of fused-ring (bicyclic) bond motifs is 1. The Bertz CT molecular complexity index is 1330. The molecule has 0 aliphatic carbocycles. The number of rotatable bonds is 11. The van der Waals surface area contributed by atoms with Crippen molar-refractivity contribution in [2.24, 2.45) is 0 Å². The van der Waals surface area contributed by atoms with E-state index in [2.05, 4.69) is 5.32 Å². The maximum Gasteiger partial charge on any atom is 0.356 e. The molecule has 1 fully saturated rings. The van der Waals surface area contributed by atoms with E-state index in [1.165, 1.54) is 28.4 Å². The molecule has 2 atom stereocenters. The lowest BCUT2D eigenvalue weighted by Crippen LogP contribution is -2.70. The van der Waals surface area contributed by atoms with Gasteiger partial charge in [-0.2, -0.15) is 11.8 Å². The monoisotopic (exact) mass is 574 g/mol. The Morgan fingerprint density at radius 3 is 2.17 bits per heavy atom. The van der Waals surface area contributed by atoms with E-state index in [1.54, 1.807) is 0 Å². The number of carbonyl (C=O) groups excluding carboxylic acids is 3. The predicted octanol–water partition coefficient (Wildman–Crippen LogP) is 3.94. The van der Waals surface area contributed by atoms with E-state index in [1.807, 2.05) is 91.0 Å². The van der Waals surface area contributed by atoms with E-state index in [4.69, 9.17) is 4.74 Å². The number of benzene rings is 3. The standard InChI is InChI=1S/C31H30N2O5S2/c34-16-17-39-19-24-20-40-30-26(32-25(35)18-21-10-4-1-5-11-21)29(36)33(30)27(24)31(37)38-28(22-12-6-2-7-13-22)23-14-8-3-9-15-23/h1-15,26,28,30,34H,16-20H2,(H,32,35). The first-order valence-corrected chi connectivity index (χ1v) is 15.3. The Kier molecular flexibility index (Phi) is 9.26. The Labute approximate surface area is 242 Å². The predicted molar refractivity (Wildman–Crippen MR) is 157 cm³/mol. The fraction of sp³-hybridized carbons (Fsp3) is 0.258. The zero-order valence-corrected chi connectivity index (χ0v) is 23.4. The number of amides is 2. The summed E-state index contributed by atoms with van der Waals surface area (Å²) in [5.41, 5.74) is 3.53. The van der Waals surface area contributed by atoms with Crippen LogP contribution >= 0.6 is 23.5 Å². The second kappa shape index (κ2) is 13.2. The Hall–Kier alpha value is -3.53. The summed E-state index contributed by atoms with van der Waals surface area (Å²) in [7, 11) is 0. The molecule has 1 saturated heterocycles. The van der Waals surface area contributed by atoms with Gasteiger partial charge in [-0.05, 0) is 22.3 Å². The molecule has 0 saturated carbocycles. The summed E-state index contributed by atoms with van der Waals surface area (Å²) in [5, 5.41) is 11.7. The molecule has 206 valence electrons. The molecule has 3 aromatic carbocycles. The van der Waals surface area contributed by atoms with Gasteiger partial charge in [-0.15, -0.1) is 11.8 Å². The minimum absolute atomic E-state index is 0.0236. The van der Waals surface area contributed by atoms with Gasteiger partial charge in [0.05, 0.1) is 13.0 Å². The van der Waals surface area contributed by atoms with E-state index < -0.39 is 23.5 Å². The zero-order chi connectivity index (χ0) is 27.9. The van der Waals surface area contributed by atoms with Crippen molar-refractivity contribution in [3.63, 3.8) is 0 Å². The number of esters is 1. The molecule has 0 radical (unpaired) electrons. The van der Waals surface area contributed by atoms with E-state index in [-0.39, 0.29) is 30.5 Å². The van der Waals surface area contributed by atoms with Crippen molar-refractivity contribution in [2.45, 2.75) is 23.9 Å². The highest BCUT2D eigenvalue weighted by Gasteiger charge is 2.54. The number of nitrogens with zero attached hydrogens (tertiary/aromatic N) is 1. The van der Waals surface area contributed by atoms with Crippen LogP contribution in [0.2, 0.25) is 0 Å². The fourth-order valence-corrected chi connectivity index (χ4v) is 7.03. The van der Waals surface area contributed by atoms with Crippen molar-refractivity contribution in [1.82, 2.24) is 10.2 Å². The van der Waals surface area contributed by atoms with Gasteiger partial charge in [-0.3, -0.25) is 14.5 Å². The third-order valence-corrected chi connectivity index (χ3v) is 9.07. The molecule has 2 aliphatic heterocycles. The summed E-state index contributed by atoms with van der Waals surface area (Å²) in [4.78, 5) is 41.5. The second-order valence-corrected chi connectivity index (χ2v) is 11.7. The largest absolute Gasteiger partial charge is 0.448 e. The molecule has 0 spiro atoms. The second-order valence-electron chi connectivity index (χ2n) is 9.45. The molecule has 0 bridgehead atoms. The maximum atomic E-state index is 13.9. The van der Waals surface area contributed by atoms with Gasteiger partial charge in [-0.25, -0.2) is 4.79 Å². The van der Waals surface area contributed by atoms with Crippen LogP contribution in [-0.2, 0) is 25.5 Å². The highest BCUT2D eigenvalue weighted by Crippen LogP contribution is 2.42. The summed E-state index contributed by atoms with van der Waals surface area (Å²) in [6.07, 6.45) is -0.481. The number of nitrogens with one attached hydrogen (secondary N) is 1. The van der Waals surface area contributed by atoms with Crippen molar-refractivity contribution in [3.8, 4) is 0 Å². The zero-order valence-electron chi connectivity index (χ0n) is 21.8. The van der Waals surface area contributed by atoms with Crippen LogP contribution in [0.3, 0.4) is 0 Å². The highest BCUT2D eigenvalue weighted by atomic mass is 32.2. The minimum atomic E-state index is -0.713. The van der Waals surface area contributed by atoms with E-state index >= 15 is 0 Å². The third-order valence-electron chi connectivity index (χ3n) is 6.71. The Balaban J connectivity index is 1.38. The number of β-lactam (4-membered cyclic amide) rings is 1. The van der Waals surface area contributed by atoms with Gasteiger partial charge in [-0.1, -0.05) is 91.0 Å². The van der Waals surface area contributed by atoms with Gasteiger partial charge in [0, 0.05) is 17.3 Å². The van der Waals surface area contributed by atoms with Crippen LogP contribution in [0.25, 0.3) is 0 Å². The molecule has 7 nitrogen and oxygen atoms in total. The number of aliphatic hydroxyl groups is 1. The lowest BCUT2D eigenvalue weighted by molar-refractivity contribution is -0.154. The molecule has 2 unspecified atom stereocenters. The molecule has 9 heteroatoms. The topological polar surface area (TPSA) is 95.9 Å². The smallest absolute Gasteiger partial charge is 0.356 e. The molecule has 3 aromatic rings. The Morgan fingerprint density at radius 1 is 0.975 bits per heavy atom. The van der Waals surface area contributed by atoms with Gasteiger partial charge in [0.2, 0.25) is 5.91 Å². The number of ether oxygens (including phenoxy) is 1. The summed E-state index contributed by atoms with van der Waals surface area (Å²) in [6, 6.07) is 27.7. The molecule has 2 aliphatic rings. The lowest BCUT2D eigenvalue weighted by atomic mass is 10.0. The lowest BCUT2D eigenvalue weighted by Gasteiger charge is -2.50. The van der Waals surface area contributed by atoms with Crippen molar-refractivity contribution in [1.29, 1.82) is 0 Å². The molecule has 5 rings (SSSR count). The van der Waals surface area contributed by atoms with Crippen LogP contribution in [0, 0.1) is 0 Å². The molecule has 40 heavy (non-hydrogen) atoms. The summed E-state index contributed by atoms with van der Waals surface area (Å²) in [6.45, 7) is 0.0236. The molecular formula is C31H30N2O5S2. The van der Waals surface area contributed by atoms with Crippen LogP contribution in [0.1, 0.15) is 22.8 Å². The number of thioether (sulfide) groups is 2. The van der Waals surface area contributed by atoms with Crippen LogP contribution in [0.4, 0.5) is 0 Å². The van der Waals surface area contributed by atoms with Crippen LogP contribution < -0.4 is 5.32 Å². The van der Waals surface area contributed by atoms with Crippen LogP contribution in [0.5, 0.6) is 0 Å². The summed E-state index contributed by atoms with van der Waals surface area (Å²) in [5.74, 6) is 0.374. The first-order valence-electron chi connectivity index (χ1n) is 13.1. The molecule has 0 aromatic heterocycles. The first-order chi connectivity index (χ1) is 19.6. The van der Waals surface area contributed by atoms with Gasteiger partial charge >= 0.3 is 5.97 Å². The van der Waals surface area contributed by atoms with Gasteiger partial charge in [0.15, 0.2) is 6.10 Å². The first kappa shape index (κ1) is 28.0. The van der Waals surface area contributed by atoms with E-state index in [0.29, 0.717) is 17.3 Å². The third kappa shape index (κ3) is 6.27. The minimum Gasteiger partial charge on any atom is -0.448 e. The highest BCUT2D eigenvalue weighted by molar-refractivity contribution is 8.01. The van der Waals surface area contributed by atoms with Crippen molar-refractivity contribution < 1.29 is 24.2 Å². The Morgan fingerprint density at radius 2 is 1.57 bits per heavy atom. The normalized spacial score (nSPS) is 18.2. The van der Waals surface area contributed by atoms with Gasteiger partial charge < -0.3 is 15.2 Å². The quantitative estimate of drug-likeness (QED) is 0.204.